The summed E-state index contributed by atoms with van der Waals surface area (Å²) in [5, 5.41) is 6.52. The first kappa shape index (κ1) is 14.1. The Morgan fingerprint density at radius 3 is 2.56 bits per heavy atom. The maximum Gasteiger partial charge on any atom is 0.325 e. The fourth-order valence-electron chi connectivity index (χ4n) is 1.37. The molecule has 7 heteroatoms. The van der Waals surface area contributed by atoms with Crippen molar-refractivity contribution in [3.8, 4) is 0 Å². The molecule has 0 bridgehead atoms. The average molecular weight is 254 g/mol. The number of aromatic amines is 1. The highest BCUT2D eigenvalue weighted by Gasteiger charge is 2.24. The van der Waals surface area contributed by atoms with E-state index in [1.54, 1.807) is 0 Å². The minimum absolute atomic E-state index is 0.0736. The van der Waals surface area contributed by atoms with Crippen LogP contribution in [0.25, 0.3) is 0 Å². The molecule has 1 aromatic heterocycles. The lowest BCUT2D eigenvalue weighted by atomic mass is 10.3. The zero-order chi connectivity index (χ0) is 13.7. The summed E-state index contributed by atoms with van der Waals surface area (Å²) in [5.41, 5.74) is 0. The number of carbonyl (C=O) groups excluding carboxylic acids is 2. The highest BCUT2D eigenvalue weighted by Crippen LogP contribution is 2.05. The van der Waals surface area contributed by atoms with Gasteiger partial charge >= 0.3 is 5.97 Å². The van der Waals surface area contributed by atoms with Crippen LogP contribution < -0.4 is 0 Å². The number of nitrogens with one attached hydrogen (secondary N) is 1. The molecule has 0 saturated heterocycles. The molecule has 0 radical (unpaired) electrons. The van der Waals surface area contributed by atoms with Gasteiger partial charge in [-0.3, -0.25) is 14.7 Å². The van der Waals surface area contributed by atoms with Crippen molar-refractivity contribution in [1.82, 2.24) is 20.1 Å². The summed E-state index contributed by atoms with van der Waals surface area (Å²) in [5.74, 6) is -0.140. The average Bonchev–Trinajstić information content (AvgIpc) is 2.83. The van der Waals surface area contributed by atoms with Crippen LogP contribution in [0.5, 0.6) is 0 Å². The van der Waals surface area contributed by atoms with E-state index in [1.165, 1.54) is 12.0 Å². The Balaban J connectivity index is 2.85. The molecule has 18 heavy (non-hydrogen) atoms. The third-order valence-corrected chi connectivity index (χ3v) is 2.47. The minimum Gasteiger partial charge on any atom is -0.468 e. The smallest absolute Gasteiger partial charge is 0.325 e. The second kappa shape index (κ2) is 6.13. The number of methoxy groups -OCH3 is 1. The van der Waals surface area contributed by atoms with Gasteiger partial charge in [-0.25, -0.2) is 4.98 Å². The number of hydrogen-bond donors (Lipinski definition) is 1. The van der Waals surface area contributed by atoms with Gasteiger partial charge < -0.3 is 9.64 Å². The fraction of sp³-hybridized carbons (Fsp3) is 0.636. The van der Waals surface area contributed by atoms with Crippen LogP contribution in [0.1, 0.15) is 37.2 Å². The Labute approximate surface area is 106 Å². The van der Waals surface area contributed by atoms with E-state index in [2.05, 4.69) is 19.9 Å². The lowest BCUT2D eigenvalue weighted by molar-refractivity contribution is -0.141. The summed E-state index contributed by atoms with van der Waals surface area (Å²) in [4.78, 5) is 28.8. The second-order valence-electron chi connectivity index (χ2n) is 4.06. The summed E-state index contributed by atoms with van der Waals surface area (Å²) >= 11 is 0. The van der Waals surface area contributed by atoms with Crippen LogP contribution in [0.3, 0.4) is 0 Å². The van der Waals surface area contributed by atoms with Gasteiger partial charge in [0.1, 0.15) is 12.4 Å². The molecular formula is C11H18N4O3. The van der Waals surface area contributed by atoms with Crippen LogP contribution in [-0.4, -0.2) is 51.7 Å². The van der Waals surface area contributed by atoms with Gasteiger partial charge in [-0.2, -0.15) is 0 Å². The molecule has 0 aliphatic carbocycles. The Kier molecular flexibility index (Phi) is 4.82. The third kappa shape index (κ3) is 3.28. The highest BCUT2D eigenvalue weighted by atomic mass is 16.5. The lowest BCUT2D eigenvalue weighted by Crippen LogP contribution is -2.41. The van der Waals surface area contributed by atoms with Crippen molar-refractivity contribution < 1.29 is 14.3 Å². The molecular weight excluding hydrogens is 236 g/mol. The fourth-order valence-corrected chi connectivity index (χ4v) is 1.37. The van der Waals surface area contributed by atoms with E-state index in [9.17, 15) is 9.59 Å². The Morgan fingerprint density at radius 1 is 1.44 bits per heavy atom. The molecule has 1 aromatic rings. The van der Waals surface area contributed by atoms with Crippen molar-refractivity contribution in [3.05, 3.63) is 11.6 Å². The van der Waals surface area contributed by atoms with Gasteiger partial charge in [0.15, 0.2) is 0 Å². The van der Waals surface area contributed by atoms with Crippen molar-refractivity contribution in [1.29, 1.82) is 0 Å². The molecule has 0 saturated carbocycles. The quantitative estimate of drug-likeness (QED) is 0.768. The van der Waals surface area contributed by atoms with Gasteiger partial charge in [-0.05, 0) is 13.8 Å². The molecule has 1 amide bonds. The van der Waals surface area contributed by atoms with Crippen LogP contribution in [-0.2, 0) is 16.0 Å². The van der Waals surface area contributed by atoms with E-state index in [0.29, 0.717) is 12.2 Å². The number of H-pyrrole nitrogens is 1. The van der Waals surface area contributed by atoms with Gasteiger partial charge in [-0.1, -0.05) is 6.92 Å². The summed E-state index contributed by atoms with van der Waals surface area (Å²) in [6.45, 7) is 5.43. The SMILES string of the molecule is CCc1nc(C(=O)N(CC(=O)OC)C(C)C)n[nH]1. The lowest BCUT2D eigenvalue weighted by Gasteiger charge is -2.23. The predicted octanol–water partition coefficient (Wildman–Crippen LogP) is 0.391. The first-order valence-corrected chi connectivity index (χ1v) is 5.78. The molecule has 7 nitrogen and oxygen atoms in total. The van der Waals surface area contributed by atoms with Gasteiger partial charge in [0.05, 0.1) is 7.11 Å². The zero-order valence-electron chi connectivity index (χ0n) is 11.1. The molecule has 1 heterocycles. The maximum atomic E-state index is 12.1. The molecule has 1 rings (SSSR count). The molecule has 0 fully saturated rings. The van der Waals surface area contributed by atoms with E-state index >= 15 is 0 Å². The third-order valence-electron chi connectivity index (χ3n) is 2.47. The molecule has 1 N–H and O–H groups in total. The molecule has 0 atom stereocenters. The van der Waals surface area contributed by atoms with Gasteiger partial charge in [0.2, 0.25) is 5.82 Å². The molecule has 100 valence electrons. The van der Waals surface area contributed by atoms with Crippen LogP contribution >= 0.6 is 0 Å². The van der Waals surface area contributed by atoms with Crippen LogP contribution in [0.4, 0.5) is 0 Å². The number of hydrogen-bond acceptors (Lipinski definition) is 5. The van der Waals surface area contributed by atoms with Crippen molar-refractivity contribution in [3.63, 3.8) is 0 Å². The summed E-state index contributed by atoms with van der Waals surface area (Å²) in [6, 6.07) is -0.139. The van der Waals surface area contributed by atoms with Crippen molar-refractivity contribution in [2.45, 2.75) is 33.2 Å². The molecule has 0 spiro atoms. The highest BCUT2D eigenvalue weighted by molar-refractivity contribution is 5.92. The number of nitrogens with zero attached hydrogens (tertiary/aromatic N) is 3. The van der Waals surface area contributed by atoms with Crippen LogP contribution in [0.15, 0.2) is 0 Å². The number of ether oxygens (including phenoxy) is 1. The second-order valence-corrected chi connectivity index (χ2v) is 4.06. The van der Waals surface area contributed by atoms with E-state index < -0.39 is 5.97 Å². The van der Waals surface area contributed by atoms with Crippen LogP contribution in [0.2, 0.25) is 0 Å². The van der Waals surface area contributed by atoms with E-state index in [1.807, 2.05) is 20.8 Å². The minimum atomic E-state index is -0.469. The first-order chi connectivity index (χ1) is 8.49. The number of aromatic nitrogens is 3. The molecule has 0 aliphatic rings. The van der Waals surface area contributed by atoms with Crippen molar-refractivity contribution >= 4 is 11.9 Å². The topological polar surface area (TPSA) is 88.2 Å². The first-order valence-electron chi connectivity index (χ1n) is 5.78. The van der Waals surface area contributed by atoms with Crippen LogP contribution in [0, 0.1) is 0 Å². The molecule has 0 aliphatic heterocycles. The Hall–Kier alpha value is -1.92. The van der Waals surface area contributed by atoms with Crippen molar-refractivity contribution in [2.24, 2.45) is 0 Å². The monoisotopic (exact) mass is 254 g/mol. The standard InChI is InChI=1S/C11H18N4O3/c1-5-8-12-10(14-13-8)11(17)15(7(2)3)6-9(16)18-4/h7H,5-6H2,1-4H3,(H,12,13,14). The van der Waals surface area contributed by atoms with Crippen molar-refractivity contribution in [2.75, 3.05) is 13.7 Å². The number of aryl methyl sites for hydroxylation is 1. The Morgan fingerprint density at radius 2 is 2.11 bits per heavy atom. The van der Waals surface area contributed by atoms with Gasteiger partial charge in [0.25, 0.3) is 5.91 Å². The van der Waals surface area contributed by atoms with E-state index in [-0.39, 0.29) is 24.3 Å². The number of esters is 1. The van der Waals surface area contributed by atoms with E-state index in [0.717, 1.165) is 0 Å². The largest absolute Gasteiger partial charge is 0.468 e. The molecule has 0 unspecified atom stereocenters. The summed E-state index contributed by atoms with van der Waals surface area (Å²) in [7, 11) is 1.29. The maximum absolute atomic E-state index is 12.1. The zero-order valence-corrected chi connectivity index (χ0v) is 11.1. The summed E-state index contributed by atoms with van der Waals surface area (Å²) < 4.78 is 4.56. The van der Waals surface area contributed by atoms with Gasteiger partial charge in [0, 0.05) is 12.5 Å². The number of amides is 1. The number of rotatable bonds is 5. The predicted molar refractivity (Wildman–Crippen MR) is 63.9 cm³/mol. The summed E-state index contributed by atoms with van der Waals surface area (Å²) in [6.07, 6.45) is 0.666. The van der Waals surface area contributed by atoms with Gasteiger partial charge in [-0.15, -0.1) is 5.10 Å². The number of carbonyl (C=O) groups is 2. The normalized spacial score (nSPS) is 10.5. The molecule has 0 aromatic carbocycles. The Bertz CT molecular complexity index is 428. The van der Waals surface area contributed by atoms with E-state index in [4.69, 9.17) is 0 Å².